The first kappa shape index (κ1) is 17.7. The van der Waals surface area contributed by atoms with Crippen molar-refractivity contribution in [3.05, 3.63) is 50.5 Å². The van der Waals surface area contributed by atoms with Crippen molar-refractivity contribution in [3.8, 4) is 11.4 Å². The smallest absolute Gasteiger partial charge is 0.431 e. The highest BCUT2D eigenvalue weighted by Crippen LogP contribution is 2.35. The van der Waals surface area contributed by atoms with Gasteiger partial charge in [0.05, 0.1) is 12.8 Å². The number of rotatable bonds is 2. The van der Waals surface area contributed by atoms with Crippen LogP contribution in [0.5, 0.6) is 5.75 Å². The summed E-state index contributed by atoms with van der Waals surface area (Å²) < 4.78 is 57.5. The molecule has 2 aromatic rings. The Hall–Kier alpha value is -3.15. The van der Waals surface area contributed by atoms with Crippen molar-refractivity contribution in [1.29, 1.82) is 0 Å². The second-order valence-corrected chi connectivity index (χ2v) is 5.09. The average Bonchev–Trinajstić information content (AvgIpc) is 2.54. The summed E-state index contributed by atoms with van der Waals surface area (Å²) >= 11 is 0. The molecule has 0 unspecified atom stereocenters. The molecule has 1 aliphatic heterocycles. The molecular formula is C14H9F4N3O5. The highest BCUT2D eigenvalue weighted by atomic mass is 19.4. The maximum Gasteiger partial charge on any atom is 0.431 e. The maximum absolute atomic E-state index is 14.3. The van der Waals surface area contributed by atoms with Crippen molar-refractivity contribution in [3.63, 3.8) is 0 Å². The zero-order valence-corrected chi connectivity index (χ0v) is 12.9. The molecule has 1 N–H and O–H groups in total. The van der Waals surface area contributed by atoms with Crippen LogP contribution in [0.3, 0.4) is 0 Å². The summed E-state index contributed by atoms with van der Waals surface area (Å²) in [5, 5.41) is 0.741. The second-order valence-electron chi connectivity index (χ2n) is 5.09. The zero-order chi connectivity index (χ0) is 19.2. The Labute approximate surface area is 141 Å². The number of carbonyl (C=O) groups is 1. The van der Waals surface area contributed by atoms with E-state index in [-0.39, 0.29) is 22.1 Å². The number of hydroxylamine groups is 1. The lowest BCUT2D eigenvalue weighted by atomic mass is 10.2. The fraction of sp³-hybridized carbons (Fsp3) is 0.214. The molecule has 3 rings (SSSR count). The van der Waals surface area contributed by atoms with E-state index in [0.29, 0.717) is 0 Å². The quantitative estimate of drug-likeness (QED) is 0.790. The van der Waals surface area contributed by atoms with Crippen LogP contribution in [-0.2, 0) is 15.8 Å². The van der Waals surface area contributed by atoms with E-state index < -0.39 is 47.1 Å². The molecule has 26 heavy (non-hydrogen) atoms. The number of carbonyl (C=O) groups excluding carboxylic acids is 1. The van der Waals surface area contributed by atoms with Gasteiger partial charge < -0.3 is 9.72 Å². The Morgan fingerprint density at radius 3 is 2.42 bits per heavy atom. The van der Waals surface area contributed by atoms with Crippen LogP contribution in [-0.4, -0.2) is 29.2 Å². The normalized spacial score (nSPS) is 14.2. The third kappa shape index (κ3) is 2.83. The van der Waals surface area contributed by atoms with E-state index in [4.69, 9.17) is 9.57 Å². The average molecular weight is 375 g/mol. The molecule has 0 spiro atoms. The van der Waals surface area contributed by atoms with Crippen LogP contribution in [0.15, 0.2) is 27.8 Å². The van der Waals surface area contributed by atoms with Crippen molar-refractivity contribution in [2.24, 2.45) is 0 Å². The number of aromatic nitrogens is 2. The van der Waals surface area contributed by atoms with Gasteiger partial charge in [0, 0.05) is 12.1 Å². The summed E-state index contributed by atoms with van der Waals surface area (Å²) in [6.45, 7) is -0.430. The highest BCUT2D eigenvalue weighted by molar-refractivity contribution is 5.96. The van der Waals surface area contributed by atoms with Crippen LogP contribution in [0, 0.1) is 5.82 Å². The molecular weight excluding hydrogens is 366 g/mol. The number of aromatic amines is 1. The molecule has 0 radical (unpaired) electrons. The third-order valence-electron chi connectivity index (χ3n) is 3.49. The molecule has 12 heteroatoms. The summed E-state index contributed by atoms with van der Waals surface area (Å²) in [6.07, 6.45) is -4.96. The van der Waals surface area contributed by atoms with Crippen LogP contribution in [0.2, 0.25) is 0 Å². The third-order valence-corrected chi connectivity index (χ3v) is 3.49. The minimum absolute atomic E-state index is 0.107. The first-order valence-electron chi connectivity index (χ1n) is 6.91. The molecule has 0 fully saturated rings. The van der Waals surface area contributed by atoms with Crippen LogP contribution in [0.4, 0.5) is 23.2 Å². The number of hydrogen-bond acceptors (Lipinski definition) is 5. The van der Waals surface area contributed by atoms with Gasteiger partial charge >= 0.3 is 11.9 Å². The first-order chi connectivity index (χ1) is 12.1. The number of halogens is 4. The number of alkyl halides is 3. The van der Waals surface area contributed by atoms with Crippen molar-refractivity contribution in [2.75, 3.05) is 18.8 Å². The number of benzene rings is 1. The van der Waals surface area contributed by atoms with Gasteiger partial charge in [-0.25, -0.2) is 13.8 Å². The van der Waals surface area contributed by atoms with E-state index in [1.54, 1.807) is 0 Å². The van der Waals surface area contributed by atoms with Crippen molar-refractivity contribution in [2.45, 2.75) is 6.18 Å². The lowest BCUT2D eigenvalue weighted by Crippen LogP contribution is -2.39. The Kier molecular flexibility index (Phi) is 4.06. The number of H-pyrrole nitrogens is 1. The number of hydrogen-bond donors (Lipinski definition) is 1. The maximum atomic E-state index is 14.3. The summed E-state index contributed by atoms with van der Waals surface area (Å²) in [4.78, 5) is 42.0. The monoisotopic (exact) mass is 375 g/mol. The van der Waals surface area contributed by atoms with E-state index >= 15 is 0 Å². The summed E-state index contributed by atoms with van der Waals surface area (Å²) in [5.74, 6) is -1.88. The van der Waals surface area contributed by atoms with E-state index in [9.17, 15) is 31.9 Å². The molecule has 1 amide bonds. The van der Waals surface area contributed by atoms with E-state index in [0.717, 1.165) is 24.3 Å². The highest BCUT2D eigenvalue weighted by Gasteiger charge is 2.34. The van der Waals surface area contributed by atoms with E-state index in [1.807, 2.05) is 0 Å². The fourth-order valence-corrected chi connectivity index (χ4v) is 2.39. The molecule has 8 nitrogen and oxygen atoms in total. The molecule has 1 aromatic heterocycles. The van der Waals surface area contributed by atoms with Gasteiger partial charge in [0.25, 0.3) is 11.5 Å². The molecule has 1 aliphatic rings. The molecule has 138 valence electrons. The molecule has 1 aromatic carbocycles. The number of nitrogens with zero attached hydrogens (tertiary/aromatic N) is 2. The molecule has 0 atom stereocenters. The van der Waals surface area contributed by atoms with Crippen LogP contribution in [0.1, 0.15) is 5.69 Å². The van der Waals surface area contributed by atoms with Crippen molar-refractivity contribution < 1.29 is 31.9 Å². The zero-order valence-electron chi connectivity index (χ0n) is 12.9. The minimum atomic E-state index is -4.96. The van der Waals surface area contributed by atoms with Gasteiger partial charge in [-0.1, -0.05) is 0 Å². The predicted molar refractivity (Wildman–Crippen MR) is 77.6 cm³/mol. The van der Waals surface area contributed by atoms with Crippen LogP contribution in [0.25, 0.3) is 5.69 Å². The van der Waals surface area contributed by atoms with Gasteiger partial charge in [-0.3, -0.25) is 14.4 Å². The lowest BCUT2D eigenvalue weighted by Gasteiger charge is -2.27. The van der Waals surface area contributed by atoms with Crippen molar-refractivity contribution >= 4 is 11.6 Å². The molecule has 0 bridgehead atoms. The molecule has 0 saturated carbocycles. The number of ether oxygens (including phenoxy) is 1. The van der Waals surface area contributed by atoms with Gasteiger partial charge in [-0.15, -0.1) is 0 Å². The summed E-state index contributed by atoms with van der Waals surface area (Å²) in [7, 11) is 1.15. The van der Waals surface area contributed by atoms with E-state index in [1.165, 1.54) is 4.98 Å². The predicted octanol–water partition coefficient (Wildman–Crippen LogP) is 0.970. The van der Waals surface area contributed by atoms with Gasteiger partial charge in [0.1, 0.15) is 17.1 Å². The first-order valence-corrected chi connectivity index (χ1v) is 6.91. The Bertz CT molecular complexity index is 980. The van der Waals surface area contributed by atoms with Crippen LogP contribution < -0.4 is 21.0 Å². The Morgan fingerprint density at radius 1 is 1.15 bits per heavy atom. The standard InChI is InChI=1S/C14H9F4N3O5/c1-25-21-8-3-7(6(15)2-9(8)26-5-12(21)23)20-11(22)4-10(14(16,17)18)19-13(20)24/h2-4H,5H2,1H3,(H,19,24). The fourth-order valence-electron chi connectivity index (χ4n) is 2.39. The van der Waals surface area contributed by atoms with Gasteiger partial charge in [-0.05, 0) is 6.07 Å². The topological polar surface area (TPSA) is 93.6 Å². The van der Waals surface area contributed by atoms with Gasteiger partial charge in [0.2, 0.25) is 0 Å². The summed E-state index contributed by atoms with van der Waals surface area (Å²) in [5.41, 5.74) is -5.28. The molecule has 2 heterocycles. The Morgan fingerprint density at radius 2 is 1.85 bits per heavy atom. The Balaban J connectivity index is 2.23. The summed E-state index contributed by atoms with van der Waals surface area (Å²) in [6, 6.07) is 1.79. The van der Waals surface area contributed by atoms with Gasteiger partial charge in [-0.2, -0.15) is 18.2 Å². The lowest BCUT2D eigenvalue weighted by molar-refractivity contribution is -0.141. The molecule has 0 aliphatic carbocycles. The number of fused-ring (bicyclic) bond motifs is 1. The van der Waals surface area contributed by atoms with E-state index in [2.05, 4.69) is 0 Å². The largest absolute Gasteiger partial charge is 0.481 e. The minimum Gasteiger partial charge on any atom is -0.481 e. The van der Waals surface area contributed by atoms with Crippen LogP contribution >= 0.6 is 0 Å². The SMILES string of the molecule is CON1C(=O)COc2cc(F)c(-n3c(=O)cc(C(F)(F)F)[nH]c3=O)cc21. The van der Waals surface area contributed by atoms with Crippen molar-refractivity contribution in [1.82, 2.24) is 9.55 Å². The number of anilines is 1. The van der Waals surface area contributed by atoms with Gasteiger partial charge in [0.15, 0.2) is 12.4 Å². The molecule has 0 saturated heterocycles. The number of amides is 1. The number of nitrogens with one attached hydrogen (secondary N) is 1. The second kappa shape index (κ2) is 5.98.